The van der Waals surface area contributed by atoms with Crippen molar-refractivity contribution in [2.75, 3.05) is 24.5 Å². The van der Waals surface area contributed by atoms with Gasteiger partial charge in [0.25, 0.3) is 0 Å². The fourth-order valence-electron chi connectivity index (χ4n) is 3.98. The molecule has 30 heavy (non-hydrogen) atoms. The van der Waals surface area contributed by atoms with Crippen LogP contribution < -0.4 is 10.6 Å². The molecule has 0 spiro atoms. The summed E-state index contributed by atoms with van der Waals surface area (Å²) in [6.07, 6.45) is 10.5. The third-order valence-corrected chi connectivity index (χ3v) is 5.66. The number of hydrogen-bond donors (Lipinski definition) is 2. The van der Waals surface area contributed by atoms with E-state index in [1.165, 1.54) is 0 Å². The van der Waals surface area contributed by atoms with Crippen LogP contribution in [0.5, 0.6) is 0 Å². The Morgan fingerprint density at radius 2 is 2.03 bits per heavy atom. The van der Waals surface area contributed by atoms with Crippen LogP contribution in [0.1, 0.15) is 6.42 Å². The molecule has 1 aromatic carbocycles. The van der Waals surface area contributed by atoms with Crippen LogP contribution in [0.2, 0.25) is 0 Å². The number of hydrogen-bond acceptors (Lipinski definition) is 6. The maximum Gasteiger partial charge on any atom is 0.161 e. The first-order valence-corrected chi connectivity index (χ1v) is 10.1. The lowest BCUT2D eigenvalue weighted by atomic mass is 10.1. The maximum atomic E-state index is 5.92. The van der Waals surface area contributed by atoms with Gasteiger partial charge in [0.15, 0.2) is 5.82 Å². The highest BCUT2D eigenvalue weighted by molar-refractivity contribution is 5.77. The lowest BCUT2D eigenvalue weighted by molar-refractivity contribution is 0.602. The standard InChI is InChI=1S/C22H24N8/c1-29-14-19(11-27-29)16-3-2-4-17(7-16)21-24-12-20(18-9-25-26-10-18)22(28-21)30-6-5-15(8-23)13-30/h2-4,7,9-12,14-15H,5-6,8,13,23H2,1H3,(H,25,26). The maximum absolute atomic E-state index is 5.92. The molecule has 0 aliphatic carbocycles. The largest absolute Gasteiger partial charge is 0.356 e. The van der Waals surface area contributed by atoms with Gasteiger partial charge in [-0.2, -0.15) is 10.2 Å². The van der Waals surface area contributed by atoms with Crippen LogP contribution in [0.15, 0.2) is 55.2 Å². The zero-order valence-electron chi connectivity index (χ0n) is 16.9. The highest BCUT2D eigenvalue weighted by atomic mass is 15.2. The molecule has 1 aliphatic heterocycles. The van der Waals surface area contributed by atoms with E-state index in [-0.39, 0.29) is 0 Å². The van der Waals surface area contributed by atoms with Crippen molar-refractivity contribution >= 4 is 5.82 Å². The molecular weight excluding hydrogens is 376 g/mol. The summed E-state index contributed by atoms with van der Waals surface area (Å²) in [5.41, 5.74) is 11.0. The van der Waals surface area contributed by atoms with Gasteiger partial charge in [0.1, 0.15) is 5.82 Å². The van der Waals surface area contributed by atoms with E-state index in [9.17, 15) is 0 Å². The van der Waals surface area contributed by atoms with E-state index in [0.717, 1.165) is 53.1 Å². The van der Waals surface area contributed by atoms with E-state index in [2.05, 4.69) is 32.3 Å². The van der Waals surface area contributed by atoms with Gasteiger partial charge in [-0.05, 0) is 30.5 Å². The first kappa shape index (κ1) is 18.5. The van der Waals surface area contributed by atoms with Crippen LogP contribution in [0, 0.1) is 5.92 Å². The zero-order chi connectivity index (χ0) is 20.5. The predicted octanol–water partition coefficient (Wildman–Crippen LogP) is 2.72. The monoisotopic (exact) mass is 400 g/mol. The molecule has 1 unspecified atom stereocenters. The molecule has 3 aromatic heterocycles. The van der Waals surface area contributed by atoms with Gasteiger partial charge in [0.05, 0.1) is 12.4 Å². The minimum absolute atomic E-state index is 0.495. The van der Waals surface area contributed by atoms with Crippen molar-refractivity contribution < 1.29 is 0 Å². The minimum Gasteiger partial charge on any atom is -0.356 e. The molecule has 0 radical (unpaired) electrons. The molecule has 8 nitrogen and oxygen atoms in total. The molecule has 4 heterocycles. The molecule has 1 atom stereocenters. The van der Waals surface area contributed by atoms with Crippen LogP contribution in [0.4, 0.5) is 5.82 Å². The van der Waals surface area contributed by atoms with Crippen molar-refractivity contribution in [1.82, 2.24) is 29.9 Å². The van der Waals surface area contributed by atoms with Crippen molar-refractivity contribution in [1.29, 1.82) is 0 Å². The molecule has 0 saturated carbocycles. The lowest BCUT2D eigenvalue weighted by Crippen LogP contribution is -2.24. The molecule has 4 aromatic rings. The second-order valence-electron chi connectivity index (χ2n) is 7.74. The van der Waals surface area contributed by atoms with E-state index in [1.54, 1.807) is 10.9 Å². The fraction of sp³-hybridized carbons (Fsp3) is 0.273. The van der Waals surface area contributed by atoms with Gasteiger partial charge in [-0.15, -0.1) is 0 Å². The number of rotatable bonds is 5. The number of H-pyrrole nitrogens is 1. The fourth-order valence-corrected chi connectivity index (χ4v) is 3.98. The summed E-state index contributed by atoms with van der Waals surface area (Å²) in [6, 6.07) is 8.27. The Kier molecular flexibility index (Phi) is 4.76. The number of anilines is 1. The Hall–Kier alpha value is -3.52. The van der Waals surface area contributed by atoms with Gasteiger partial charge in [0.2, 0.25) is 0 Å². The van der Waals surface area contributed by atoms with Gasteiger partial charge >= 0.3 is 0 Å². The van der Waals surface area contributed by atoms with E-state index in [4.69, 9.17) is 15.7 Å². The van der Waals surface area contributed by atoms with Gasteiger partial charge in [-0.3, -0.25) is 9.78 Å². The minimum atomic E-state index is 0.495. The number of aryl methyl sites for hydroxylation is 1. The highest BCUT2D eigenvalue weighted by Gasteiger charge is 2.25. The number of nitrogens with zero attached hydrogens (tertiary/aromatic N) is 6. The average molecular weight is 400 g/mol. The Bertz CT molecular complexity index is 1150. The summed E-state index contributed by atoms with van der Waals surface area (Å²) in [5.74, 6) is 2.14. The van der Waals surface area contributed by atoms with Crippen molar-refractivity contribution in [3.8, 4) is 33.6 Å². The summed E-state index contributed by atoms with van der Waals surface area (Å²) in [6.45, 7) is 2.55. The van der Waals surface area contributed by atoms with Crippen LogP contribution in [-0.4, -0.2) is 49.6 Å². The third-order valence-electron chi connectivity index (χ3n) is 5.66. The number of benzene rings is 1. The SMILES string of the molecule is Cn1cc(-c2cccc(-c3ncc(-c4cn[nH]c4)c(N4CCC(CN)C4)n3)c2)cn1. The predicted molar refractivity (Wildman–Crippen MR) is 117 cm³/mol. The zero-order valence-corrected chi connectivity index (χ0v) is 16.9. The molecule has 152 valence electrons. The average Bonchev–Trinajstić information content (AvgIpc) is 3.55. The second kappa shape index (κ2) is 7.72. The van der Waals surface area contributed by atoms with E-state index < -0.39 is 0 Å². The molecule has 1 aliphatic rings. The van der Waals surface area contributed by atoms with Crippen LogP contribution in [0.3, 0.4) is 0 Å². The van der Waals surface area contributed by atoms with Crippen molar-refractivity contribution in [3.63, 3.8) is 0 Å². The van der Waals surface area contributed by atoms with Gasteiger partial charge < -0.3 is 10.6 Å². The van der Waals surface area contributed by atoms with E-state index >= 15 is 0 Å². The molecule has 1 fully saturated rings. The third kappa shape index (κ3) is 3.46. The molecule has 1 saturated heterocycles. The number of aromatic nitrogens is 6. The number of aromatic amines is 1. The lowest BCUT2D eigenvalue weighted by Gasteiger charge is -2.21. The second-order valence-corrected chi connectivity index (χ2v) is 7.74. The molecular formula is C22H24N8. The number of nitrogens with two attached hydrogens (primary N) is 1. The number of nitrogens with one attached hydrogen (secondary N) is 1. The molecule has 0 bridgehead atoms. The van der Waals surface area contributed by atoms with Gasteiger partial charge in [-0.25, -0.2) is 9.97 Å². The van der Waals surface area contributed by atoms with Crippen LogP contribution >= 0.6 is 0 Å². The molecule has 8 heteroatoms. The Balaban J connectivity index is 1.56. The molecule has 5 rings (SSSR count). The quantitative estimate of drug-likeness (QED) is 0.534. The Morgan fingerprint density at radius 1 is 1.13 bits per heavy atom. The van der Waals surface area contributed by atoms with E-state index in [0.29, 0.717) is 18.3 Å². The van der Waals surface area contributed by atoms with Crippen LogP contribution in [-0.2, 0) is 7.05 Å². The van der Waals surface area contributed by atoms with Crippen molar-refractivity contribution in [2.24, 2.45) is 18.7 Å². The van der Waals surface area contributed by atoms with Crippen LogP contribution in [0.25, 0.3) is 33.6 Å². The van der Waals surface area contributed by atoms with Gasteiger partial charge in [-0.1, -0.05) is 18.2 Å². The summed E-state index contributed by atoms with van der Waals surface area (Å²) in [5, 5.41) is 11.3. The smallest absolute Gasteiger partial charge is 0.161 e. The summed E-state index contributed by atoms with van der Waals surface area (Å²) in [7, 11) is 1.92. The first-order valence-electron chi connectivity index (χ1n) is 10.1. The Labute approximate surface area is 174 Å². The highest BCUT2D eigenvalue weighted by Crippen LogP contribution is 2.33. The van der Waals surface area contributed by atoms with E-state index in [1.807, 2.05) is 44.0 Å². The Morgan fingerprint density at radius 3 is 2.77 bits per heavy atom. The summed E-state index contributed by atoms with van der Waals surface area (Å²) in [4.78, 5) is 12.0. The summed E-state index contributed by atoms with van der Waals surface area (Å²) >= 11 is 0. The molecule has 3 N–H and O–H groups in total. The first-order chi connectivity index (χ1) is 14.7. The molecule has 0 amide bonds. The van der Waals surface area contributed by atoms with Crippen molar-refractivity contribution in [2.45, 2.75) is 6.42 Å². The van der Waals surface area contributed by atoms with Crippen molar-refractivity contribution in [3.05, 3.63) is 55.2 Å². The van der Waals surface area contributed by atoms with Gasteiger partial charge in [0, 0.05) is 61.0 Å². The topological polar surface area (TPSA) is 102 Å². The summed E-state index contributed by atoms with van der Waals surface area (Å²) < 4.78 is 1.80. The normalized spacial score (nSPS) is 16.3.